The first-order chi connectivity index (χ1) is 9.19. The topological polar surface area (TPSA) is 45.4 Å². The lowest BCUT2D eigenvalue weighted by molar-refractivity contribution is 0.232. The van der Waals surface area contributed by atoms with Crippen molar-refractivity contribution in [3.8, 4) is 0 Å². The smallest absolute Gasteiger partial charge is 0.133 e. The van der Waals surface area contributed by atoms with Gasteiger partial charge in [0.2, 0.25) is 0 Å². The molecule has 1 atom stereocenters. The van der Waals surface area contributed by atoms with Crippen LogP contribution in [0, 0.1) is 0 Å². The van der Waals surface area contributed by atoms with E-state index < -0.39 is 0 Å². The lowest BCUT2D eigenvalue weighted by Gasteiger charge is -2.27. The normalized spacial score (nSPS) is 19.4. The second-order valence-electron chi connectivity index (χ2n) is 4.95. The molecule has 1 unspecified atom stereocenters. The molecule has 1 aromatic rings. The minimum atomic E-state index is 0.536. The lowest BCUT2D eigenvalue weighted by atomic mass is 10.2. The molecule has 2 heterocycles. The predicted octanol–water partition coefficient (Wildman–Crippen LogP) is 2.22. The first-order valence-corrected chi connectivity index (χ1v) is 7.82. The SMILES string of the molecule is CCN(CC)C1CCN(c2ncc(Br)cc2CN)C1. The van der Waals surface area contributed by atoms with Gasteiger partial charge < -0.3 is 10.6 Å². The number of aromatic nitrogens is 1. The summed E-state index contributed by atoms with van der Waals surface area (Å²) in [6.07, 6.45) is 3.07. The van der Waals surface area contributed by atoms with Gasteiger partial charge in [-0.2, -0.15) is 0 Å². The highest BCUT2D eigenvalue weighted by atomic mass is 79.9. The van der Waals surface area contributed by atoms with Crippen LogP contribution in [0.15, 0.2) is 16.7 Å². The lowest BCUT2D eigenvalue weighted by Crippen LogP contribution is -2.37. The summed E-state index contributed by atoms with van der Waals surface area (Å²) in [6.45, 7) is 9.37. The molecule has 1 saturated heterocycles. The number of nitrogens with zero attached hydrogens (tertiary/aromatic N) is 3. The summed E-state index contributed by atoms with van der Waals surface area (Å²) in [5.74, 6) is 1.06. The first kappa shape index (κ1) is 14.8. The fourth-order valence-corrected chi connectivity index (χ4v) is 3.26. The van der Waals surface area contributed by atoms with E-state index in [4.69, 9.17) is 5.73 Å². The standard InChI is InChI=1S/C14H23BrN4/c1-3-18(4-2)13-5-6-19(10-13)14-11(8-16)7-12(15)9-17-14/h7,9,13H,3-6,8,10,16H2,1-2H3. The number of likely N-dealkylation sites (N-methyl/N-ethyl adjacent to an activating group) is 1. The summed E-state index contributed by atoms with van der Waals surface area (Å²) in [5, 5.41) is 0. The van der Waals surface area contributed by atoms with Gasteiger partial charge in [-0.1, -0.05) is 13.8 Å². The van der Waals surface area contributed by atoms with Crippen molar-refractivity contribution in [1.82, 2.24) is 9.88 Å². The van der Waals surface area contributed by atoms with Crippen molar-refractivity contribution >= 4 is 21.7 Å². The van der Waals surface area contributed by atoms with Crippen molar-refractivity contribution in [3.63, 3.8) is 0 Å². The molecule has 0 bridgehead atoms. The van der Waals surface area contributed by atoms with E-state index in [2.05, 4.69) is 50.6 Å². The number of rotatable bonds is 5. The second-order valence-corrected chi connectivity index (χ2v) is 5.87. The molecule has 2 N–H and O–H groups in total. The molecule has 2 rings (SSSR count). The average Bonchev–Trinajstić information content (AvgIpc) is 2.89. The quantitative estimate of drug-likeness (QED) is 0.901. The molecule has 0 amide bonds. The van der Waals surface area contributed by atoms with Gasteiger partial charge in [0.15, 0.2) is 0 Å². The van der Waals surface area contributed by atoms with Crippen molar-refractivity contribution in [2.75, 3.05) is 31.1 Å². The van der Waals surface area contributed by atoms with Gasteiger partial charge in [-0.05, 0) is 41.5 Å². The Kier molecular flexibility index (Phi) is 5.19. The van der Waals surface area contributed by atoms with E-state index in [1.807, 2.05) is 6.20 Å². The van der Waals surface area contributed by atoms with Crippen LogP contribution in [-0.2, 0) is 6.54 Å². The van der Waals surface area contributed by atoms with Crippen molar-refractivity contribution < 1.29 is 0 Å². The molecule has 1 aliphatic heterocycles. The number of nitrogens with two attached hydrogens (primary N) is 1. The van der Waals surface area contributed by atoms with E-state index in [0.717, 1.165) is 42.0 Å². The largest absolute Gasteiger partial charge is 0.355 e. The maximum Gasteiger partial charge on any atom is 0.133 e. The van der Waals surface area contributed by atoms with E-state index in [1.165, 1.54) is 6.42 Å². The van der Waals surface area contributed by atoms with Crippen LogP contribution in [0.25, 0.3) is 0 Å². The Morgan fingerprint density at radius 2 is 2.21 bits per heavy atom. The van der Waals surface area contributed by atoms with Gasteiger partial charge in [0.1, 0.15) is 5.82 Å². The highest BCUT2D eigenvalue weighted by molar-refractivity contribution is 9.10. The Bertz CT molecular complexity index is 420. The highest BCUT2D eigenvalue weighted by Crippen LogP contribution is 2.26. The Morgan fingerprint density at radius 1 is 1.47 bits per heavy atom. The average molecular weight is 327 g/mol. The maximum atomic E-state index is 5.84. The van der Waals surface area contributed by atoms with E-state index in [1.54, 1.807) is 0 Å². The molecule has 1 aliphatic rings. The van der Waals surface area contributed by atoms with Gasteiger partial charge in [0, 0.05) is 41.9 Å². The maximum absolute atomic E-state index is 5.84. The highest BCUT2D eigenvalue weighted by Gasteiger charge is 2.27. The third-order valence-corrected chi connectivity index (χ3v) is 4.35. The zero-order valence-electron chi connectivity index (χ0n) is 11.8. The molecular weight excluding hydrogens is 304 g/mol. The van der Waals surface area contributed by atoms with Gasteiger partial charge in [-0.3, -0.25) is 4.90 Å². The van der Waals surface area contributed by atoms with E-state index in [0.29, 0.717) is 12.6 Å². The zero-order valence-corrected chi connectivity index (χ0v) is 13.4. The number of hydrogen-bond donors (Lipinski definition) is 1. The Morgan fingerprint density at radius 3 is 2.84 bits per heavy atom. The van der Waals surface area contributed by atoms with Crippen LogP contribution in [0.2, 0.25) is 0 Å². The van der Waals surface area contributed by atoms with E-state index in [-0.39, 0.29) is 0 Å². The predicted molar refractivity (Wildman–Crippen MR) is 83.4 cm³/mol. The van der Waals surface area contributed by atoms with E-state index in [9.17, 15) is 0 Å². The van der Waals surface area contributed by atoms with Crippen LogP contribution in [0.4, 0.5) is 5.82 Å². The number of halogens is 1. The van der Waals surface area contributed by atoms with Crippen molar-refractivity contribution in [3.05, 3.63) is 22.3 Å². The van der Waals surface area contributed by atoms with Crippen molar-refractivity contribution in [2.24, 2.45) is 5.73 Å². The van der Waals surface area contributed by atoms with Gasteiger partial charge in [0.25, 0.3) is 0 Å². The zero-order chi connectivity index (χ0) is 13.8. The number of pyridine rings is 1. The summed E-state index contributed by atoms with van der Waals surface area (Å²) < 4.78 is 0.996. The first-order valence-electron chi connectivity index (χ1n) is 7.03. The third kappa shape index (κ3) is 3.27. The number of hydrogen-bond acceptors (Lipinski definition) is 4. The molecule has 5 heteroatoms. The molecule has 0 aliphatic carbocycles. The van der Waals surface area contributed by atoms with Gasteiger partial charge in [-0.25, -0.2) is 4.98 Å². The van der Waals surface area contributed by atoms with E-state index >= 15 is 0 Å². The summed E-state index contributed by atoms with van der Waals surface area (Å²) in [4.78, 5) is 9.46. The Labute approximate surface area is 124 Å². The molecule has 106 valence electrons. The van der Waals surface area contributed by atoms with Crippen molar-refractivity contribution in [2.45, 2.75) is 32.9 Å². The fraction of sp³-hybridized carbons (Fsp3) is 0.643. The minimum absolute atomic E-state index is 0.536. The summed E-state index contributed by atoms with van der Waals surface area (Å²) in [5.41, 5.74) is 6.96. The molecule has 1 aromatic heterocycles. The molecule has 0 aromatic carbocycles. The summed E-state index contributed by atoms with van der Waals surface area (Å²) >= 11 is 3.46. The van der Waals surface area contributed by atoms with Crippen LogP contribution in [0.1, 0.15) is 25.8 Å². The fourth-order valence-electron chi connectivity index (χ4n) is 2.88. The van der Waals surface area contributed by atoms with Crippen molar-refractivity contribution in [1.29, 1.82) is 0 Å². The van der Waals surface area contributed by atoms with Crippen LogP contribution in [-0.4, -0.2) is 42.1 Å². The van der Waals surface area contributed by atoms with Gasteiger partial charge in [-0.15, -0.1) is 0 Å². The molecule has 1 fully saturated rings. The summed E-state index contributed by atoms with van der Waals surface area (Å²) in [6, 6.07) is 2.72. The van der Waals surface area contributed by atoms with Gasteiger partial charge in [0.05, 0.1) is 0 Å². The van der Waals surface area contributed by atoms with Crippen LogP contribution in [0.5, 0.6) is 0 Å². The van der Waals surface area contributed by atoms with Crippen LogP contribution < -0.4 is 10.6 Å². The monoisotopic (exact) mass is 326 g/mol. The number of anilines is 1. The van der Waals surface area contributed by atoms with Crippen LogP contribution >= 0.6 is 15.9 Å². The Hall–Kier alpha value is -0.650. The molecule has 0 spiro atoms. The summed E-state index contributed by atoms with van der Waals surface area (Å²) in [7, 11) is 0. The minimum Gasteiger partial charge on any atom is -0.355 e. The molecular formula is C14H23BrN4. The van der Waals surface area contributed by atoms with Gasteiger partial charge >= 0.3 is 0 Å². The Balaban J connectivity index is 2.12. The molecule has 0 radical (unpaired) electrons. The second kappa shape index (κ2) is 6.68. The van der Waals surface area contributed by atoms with Crippen LogP contribution in [0.3, 0.4) is 0 Å². The molecule has 4 nitrogen and oxygen atoms in total. The molecule has 19 heavy (non-hydrogen) atoms. The third-order valence-electron chi connectivity index (χ3n) is 3.92. The molecule has 0 saturated carbocycles.